The maximum absolute atomic E-state index is 13.0. The lowest BCUT2D eigenvalue weighted by Gasteiger charge is -2.08. The molecule has 0 amide bonds. The zero-order valence-corrected chi connectivity index (χ0v) is 12.8. The molecular formula is C16H13BrFNO2. The summed E-state index contributed by atoms with van der Waals surface area (Å²) in [6, 6.07) is 13.5. The SMILES string of the molecule is N#Cc1ccc(OCCCOc2ccc(F)c(Br)c2)cc1. The van der Waals surface area contributed by atoms with E-state index in [2.05, 4.69) is 22.0 Å². The number of benzene rings is 2. The van der Waals surface area contributed by atoms with E-state index >= 15 is 0 Å². The number of hydrogen-bond acceptors (Lipinski definition) is 3. The second-order valence-electron chi connectivity index (χ2n) is 4.26. The van der Waals surface area contributed by atoms with Gasteiger partial charge < -0.3 is 9.47 Å². The van der Waals surface area contributed by atoms with Gasteiger partial charge >= 0.3 is 0 Å². The zero-order valence-electron chi connectivity index (χ0n) is 11.2. The number of hydrogen-bond donors (Lipinski definition) is 0. The number of nitriles is 1. The molecule has 0 saturated carbocycles. The zero-order chi connectivity index (χ0) is 15.1. The van der Waals surface area contributed by atoms with Crippen molar-refractivity contribution in [1.82, 2.24) is 0 Å². The molecule has 0 aromatic heterocycles. The predicted octanol–water partition coefficient (Wildman–Crippen LogP) is 4.31. The number of rotatable bonds is 6. The van der Waals surface area contributed by atoms with Crippen LogP contribution in [-0.4, -0.2) is 13.2 Å². The highest BCUT2D eigenvalue weighted by Crippen LogP contribution is 2.21. The summed E-state index contributed by atoms with van der Waals surface area (Å²) in [5.41, 5.74) is 0.604. The molecule has 0 atom stereocenters. The van der Waals surface area contributed by atoms with Crippen LogP contribution >= 0.6 is 15.9 Å². The van der Waals surface area contributed by atoms with Crippen LogP contribution in [0.4, 0.5) is 4.39 Å². The van der Waals surface area contributed by atoms with E-state index in [-0.39, 0.29) is 5.82 Å². The Hall–Kier alpha value is -2.06. The lowest BCUT2D eigenvalue weighted by Crippen LogP contribution is -2.05. The van der Waals surface area contributed by atoms with E-state index in [0.717, 1.165) is 5.75 Å². The molecule has 2 rings (SSSR count). The number of nitrogens with zero attached hydrogens (tertiary/aromatic N) is 1. The first-order valence-electron chi connectivity index (χ1n) is 6.40. The fraction of sp³-hybridized carbons (Fsp3) is 0.188. The molecule has 2 aromatic rings. The summed E-state index contributed by atoms with van der Waals surface area (Å²) in [6.07, 6.45) is 0.703. The van der Waals surface area contributed by atoms with Gasteiger partial charge in [0.1, 0.15) is 17.3 Å². The van der Waals surface area contributed by atoms with Crippen molar-refractivity contribution in [3.8, 4) is 17.6 Å². The summed E-state index contributed by atoms with van der Waals surface area (Å²) >= 11 is 3.11. The van der Waals surface area contributed by atoms with E-state index < -0.39 is 0 Å². The van der Waals surface area contributed by atoms with Gasteiger partial charge in [-0.25, -0.2) is 4.39 Å². The van der Waals surface area contributed by atoms with Crippen molar-refractivity contribution in [3.05, 3.63) is 58.3 Å². The van der Waals surface area contributed by atoms with E-state index in [4.69, 9.17) is 14.7 Å². The van der Waals surface area contributed by atoms with Gasteiger partial charge in [-0.2, -0.15) is 5.26 Å². The Labute approximate surface area is 131 Å². The average Bonchev–Trinajstić information content (AvgIpc) is 2.51. The summed E-state index contributed by atoms with van der Waals surface area (Å²) in [6.45, 7) is 0.989. The molecule has 0 unspecified atom stereocenters. The first-order valence-corrected chi connectivity index (χ1v) is 7.19. The Balaban J connectivity index is 1.69. The van der Waals surface area contributed by atoms with Crippen molar-refractivity contribution in [2.45, 2.75) is 6.42 Å². The largest absolute Gasteiger partial charge is 0.493 e. The van der Waals surface area contributed by atoms with Gasteiger partial charge in [0.2, 0.25) is 0 Å². The topological polar surface area (TPSA) is 42.2 Å². The summed E-state index contributed by atoms with van der Waals surface area (Å²) in [7, 11) is 0. The second-order valence-corrected chi connectivity index (χ2v) is 5.12. The number of ether oxygens (including phenoxy) is 2. The van der Waals surface area contributed by atoms with Gasteiger partial charge in [0.15, 0.2) is 0 Å². The van der Waals surface area contributed by atoms with Crippen molar-refractivity contribution >= 4 is 15.9 Å². The van der Waals surface area contributed by atoms with Crippen LogP contribution in [0.15, 0.2) is 46.9 Å². The third-order valence-electron chi connectivity index (χ3n) is 2.70. The Morgan fingerprint density at radius 1 is 1.00 bits per heavy atom. The van der Waals surface area contributed by atoms with Crippen LogP contribution < -0.4 is 9.47 Å². The van der Waals surface area contributed by atoms with Crippen LogP contribution in [-0.2, 0) is 0 Å². The highest BCUT2D eigenvalue weighted by Gasteiger charge is 2.01. The fourth-order valence-electron chi connectivity index (χ4n) is 1.63. The molecule has 0 radical (unpaired) electrons. The van der Waals surface area contributed by atoms with Gasteiger partial charge in [-0.3, -0.25) is 0 Å². The molecule has 0 bridgehead atoms. The Morgan fingerprint density at radius 3 is 2.24 bits per heavy atom. The van der Waals surface area contributed by atoms with Gasteiger partial charge in [0.05, 0.1) is 29.3 Å². The molecule has 2 aromatic carbocycles. The fourth-order valence-corrected chi connectivity index (χ4v) is 1.99. The monoisotopic (exact) mass is 349 g/mol. The van der Waals surface area contributed by atoms with E-state index in [0.29, 0.717) is 35.4 Å². The smallest absolute Gasteiger partial charge is 0.137 e. The first-order chi connectivity index (χ1) is 10.2. The Kier molecular flexibility index (Phi) is 5.59. The molecule has 0 aliphatic heterocycles. The van der Waals surface area contributed by atoms with Crippen LogP contribution in [0.3, 0.4) is 0 Å². The molecule has 0 aliphatic carbocycles. The lowest BCUT2D eigenvalue weighted by atomic mass is 10.2. The molecule has 0 saturated heterocycles. The molecule has 3 nitrogen and oxygen atoms in total. The average molecular weight is 350 g/mol. The quantitative estimate of drug-likeness (QED) is 0.729. The van der Waals surface area contributed by atoms with Crippen molar-refractivity contribution in [2.24, 2.45) is 0 Å². The van der Waals surface area contributed by atoms with Gasteiger partial charge in [-0.1, -0.05) is 0 Å². The van der Waals surface area contributed by atoms with E-state index in [1.807, 2.05) is 0 Å². The van der Waals surface area contributed by atoms with Gasteiger partial charge in [-0.05, 0) is 58.4 Å². The van der Waals surface area contributed by atoms with E-state index in [1.54, 1.807) is 36.4 Å². The van der Waals surface area contributed by atoms with Crippen LogP contribution in [0.2, 0.25) is 0 Å². The van der Waals surface area contributed by atoms with Crippen molar-refractivity contribution in [2.75, 3.05) is 13.2 Å². The van der Waals surface area contributed by atoms with E-state index in [1.165, 1.54) is 6.07 Å². The molecule has 0 spiro atoms. The normalized spacial score (nSPS) is 9.95. The highest BCUT2D eigenvalue weighted by molar-refractivity contribution is 9.10. The number of halogens is 2. The minimum Gasteiger partial charge on any atom is -0.493 e. The maximum atomic E-state index is 13.0. The Morgan fingerprint density at radius 2 is 1.62 bits per heavy atom. The van der Waals surface area contributed by atoms with Crippen molar-refractivity contribution in [1.29, 1.82) is 5.26 Å². The summed E-state index contributed by atoms with van der Waals surface area (Å²) < 4.78 is 24.4. The van der Waals surface area contributed by atoms with Gasteiger partial charge in [-0.15, -0.1) is 0 Å². The lowest BCUT2D eigenvalue weighted by molar-refractivity contribution is 0.247. The van der Waals surface area contributed by atoms with Crippen LogP contribution in [0.1, 0.15) is 12.0 Å². The summed E-state index contributed by atoms with van der Waals surface area (Å²) in [4.78, 5) is 0. The van der Waals surface area contributed by atoms with Gasteiger partial charge in [0.25, 0.3) is 0 Å². The molecule has 108 valence electrons. The van der Waals surface area contributed by atoms with Crippen LogP contribution in [0.25, 0.3) is 0 Å². The van der Waals surface area contributed by atoms with E-state index in [9.17, 15) is 4.39 Å². The molecule has 21 heavy (non-hydrogen) atoms. The highest BCUT2D eigenvalue weighted by atomic mass is 79.9. The maximum Gasteiger partial charge on any atom is 0.137 e. The minimum atomic E-state index is -0.313. The third kappa shape index (κ3) is 4.76. The van der Waals surface area contributed by atoms with Crippen molar-refractivity contribution in [3.63, 3.8) is 0 Å². The first kappa shape index (κ1) is 15.3. The Bertz CT molecular complexity index is 638. The molecule has 0 aliphatic rings. The van der Waals surface area contributed by atoms with Crippen LogP contribution in [0.5, 0.6) is 11.5 Å². The van der Waals surface area contributed by atoms with Crippen LogP contribution in [0, 0.1) is 17.1 Å². The second kappa shape index (κ2) is 7.65. The standard InChI is InChI=1S/C16H13BrFNO2/c17-15-10-14(6-7-16(15)18)21-9-1-8-20-13-4-2-12(11-19)3-5-13/h2-7,10H,1,8-9H2. The summed E-state index contributed by atoms with van der Waals surface area (Å²) in [5, 5.41) is 8.69. The summed E-state index contributed by atoms with van der Waals surface area (Å²) in [5.74, 6) is 1.02. The molecular weight excluding hydrogens is 337 g/mol. The molecule has 0 heterocycles. The predicted molar refractivity (Wildman–Crippen MR) is 80.9 cm³/mol. The minimum absolute atomic E-state index is 0.313. The molecule has 5 heteroatoms. The van der Waals surface area contributed by atoms with Gasteiger partial charge in [0, 0.05) is 6.42 Å². The van der Waals surface area contributed by atoms with Crippen molar-refractivity contribution < 1.29 is 13.9 Å². The molecule has 0 fully saturated rings. The molecule has 0 N–H and O–H groups in total. The third-order valence-corrected chi connectivity index (χ3v) is 3.31.